The number of likely N-dealkylation sites (N-methyl/N-ethyl adjacent to an activating group) is 1. The van der Waals surface area contributed by atoms with Gasteiger partial charge in [-0.05, 0) is 80.6 Å². The van der Waals surface area contributed by atoms with Crippen molar-refractivity contribution in [3.05, 3.63) is 91.0 Å². The van der Waals surface area contributed by atoms with E-state index >= 15 is 0 Å². The van der Waals surface area contributed by atoms with Gasteiger partial charge in [0.05, 0.1) is 11.3 Å². The molecule has 4 aromatic rings. The highest BCUT2D eigenvalue weighted by molar-refractivity contribution is 5.99. The average molecular weight is 524 g/mol. The Morgan fingerprint density at radius 3 is 2.38 bits per heavy atom. The van der Waals surface area contributed by atoms with Crippen molar-refractivity contribution in [3.63, 3.8) is 0 Å². The quantitative estimate of drug-likeness (QED) is 0.330. The number of carbonyl (C=O) groups excluding carboxylic acids is 1. The number of benzene rings is 2. The van der Waals surface area contributed by atoms with Crippen LogP contribution in [-0.2, 0) is 6.42 Å². The predicted molar refractivity (Wildman–Crippen MR) is 153 cm³/mol. The zero-order valence-corrected chi connectivity index (χ0v) is 22.2. The second-order valence-corrected chi connectivity index (χ2v) is 9.73. The van der Waals surface area contributed by atoms with E-state index in [1.54, 1.807) is 42.7 Å². The Kier molecular flexibility index (Phi) is 8.40. The predicted octanol–water partition coefficient (Wildman–Crippen LogP) is 5.15. The number of aromatic nitrogens is 3. The second kappa shape index (κ2) is 12.5. The van der Waals surface area contributed by atoms with Crippen molar-refractivity contribution in [2.24, 2.45) is 0 Å². The lowest BCUT2D eigenvalue weighted by Crippen LogP contribution is -2.50. The molecular weight excluding hydrogens is 490 g/mol. The van der Waals surface area contributed by atoms with Gasteiger partial charge in [-0.25, -0.2) is 19.7 Å². The summed E-state index contributed by atoms with van der Waals surface area (Å²) in [5, 5.41) is 5.75. The van der Waals surface area contributed by atoms with Gasteiger partial charge in [0.1, 0.15) is 12.1 Å². The lowest BCUT2D eigenvalue weighted by Gasteiger charge is -2.37. The Hall–Kier alpha value is -4.34. The first-order valence-electron chi connectivity index (χ1n) is 13.1. The number of pyridine rings is 1. The lowest BCUT2D eigenvalue weighted by molar-refractivity contribution is 0.106. The Balaban J connectivity index is 1.11. The molecule has 1 unspecified atom stereocenters. The van der Waals surface area contributed by atoms with Gasteiger partial charge in [0.15, 0.2) is 0 Å². The maximum Gasteiger partial charge on any atom is 0.323 e. The van der Waals surface area contributed by atoms with Crippen molar-refractivity contribution in [2.75, 3.05) is 43.9 Å². The van der Waals surface area contributed by atoms with Gasteiger partial charge >= 0.3 is 6.03 Å². The number of rotatable bonds is 8. The maximum atomic E-state index is 12.5. The Bertz CT molecular complexity index is 1360. The largest absolute Gasteiger partial charge is 0.438 e. The van der Waals surface area contributed by atoms with Crippen LogP contribution in [0.15, 0.2) is 85.5 Å². The molecule has 1 aliphatic heterocycles. The number of urea groups is 1. The molecule has 1 fully saturated rings. The van der Waals surface area contributed by atoms with Gasteiger partial charge in [-0.2, -0.15) is 0 Å². The molecule has 0 saturated carbocycles. The van der Waals surface area contributed by atoms with Crippen LogP contribution >= 0.6 is 0 Å². The van der Waals surface area contributed by atoms with Gasteiger partial charge in [0.2, 0.25) is 5.88 Å². The Labute approximate surface area is 228 Å². The number of nitrogens with zero attached hydrogens (tertiary/aromatic N) is 5. The molecule has 0 spiro atoms. The molecule has 9 heteroatoms. The van der Waals surface area contributed by atoms with Gasteiger partial charge in [0, 0.05) is 56.0 Å². The SMILES string of the molecule is CC1CN(CCc2ccc(NC(=O)Nc3ccc(Oc4ncccc4-c4ccncn4)cc3)cc2)CCN1C. The monoisotopic (exact) mass is 523 g/mol. The van der Waals surface area contributed by atoms with E-state index in [1.807, 2.05) is 24.3 Å². The average Bonchev–Trinajstić information content (AvgIpc) is 2.96. The van der Waals surface area contributed by atoms with E-state index in [0.717, 1.165) is 49.5 Å². The third-order valence-electron chi connectivity index (χ3n) is 6.93. The van der Waals surface area contributed by atoms with Gasteiger partial charge in [-0.3, -0.25) is 0 Å². The van der Waals surface area contributed by atoms with E-state index in [1.165, 1.54) is 11.9 Å². The summed E-state index contributed by atoms with van der Waals surface area (Å²) in [6.45, 7) is 6.66. The zero-order chi connectivity index (χ0) is 27.0. The fourth-order valence-corrected chi connectivity index (χ4v) is 4.50. The molecule has 0 aliphatic carbocycles. The fraction of sp³-hybridized carbons (Fsp3) is 0.267. The van der Waals surface area contributed by atoms with E-state index in [4.69, 9.17) is 4.74 Å². The van der Waals surface area contributed by atoms with Gasteiger partial charge in [-0.1, -0.05) is 12.1 Å². The number of anilines is 2. The number of nitrogens with one attached hydrogen (secondary N) is 2. The molecule has 0 bridgehead atoms. The highest BCUT2D eigenvalue weighted by Gasteiger charge is 2.20. The van der Waals surface area contributed by atoms with Crippen LogP contribution in [0, 0.1) is 0 Å². The van der Waals surface area contributed by atoms with Gasteiger partial charge in [-0.15, -0.1) is 0 Å². The molecule has 2 N–H and O–H groups in total. The van der Waals surface area contributed by atoms with Gasteiger partial charge in [0.25, 0.3) is 0 Å². The number of hydrogen-bond acceptors (Lipinski definition) is 7. The normalized spacial score (nSPS) is 16.0. The zero-order valence-electron chi connectivity index (χ0n) is 22.2. The minimum Gasteiger partial charge on any atom is -0.438 e. The third kappa shape index (κ3) is 7.16. The van der Waals surface area contributed by atoms with E-state index < -0.39 is 0 Å². The molecule has 39 heavy (non-hydrogen) atoms. The molecule has 0 radical (unpaired) electrons. The lowest BCUT2D eigenvalue weighted by atomic mass is 10.1. The number of carbonyl (C=O) groups is 1. The molecular formula is C30H33N7O2. The number of piperazine rings is 1. The van der Waals surface area contributed by atoms with Crippen molar-refractivity contribution in [3.8, 4) is 22.9 Å². The summed E-state index contributed by atoms with van der Waals surface area (Å²) < 4.78 is 5.99. The van der Waals surface area contributed by atoms with Crippen LogP contribution in [-0.4, -0.2) is 70.1 Å². The smallest absolute Gasteiger partial charge is 0.323 e. The van der Waals surface area contributed by atoms with Gasteiger partial charge < -0.3 is 25.2 Å². The van der Waals surface area contributed by atoms with Crippen LogP contribution in [0.5, 0.6) is 11.6 Å². The van der Waals surface area contributed by atoms with Crippen molar-refractivity contribution in [2.45, 2.75) is 19.4 Å². The molecule has 3 heterocycles. The molecule has 1 aliphatic rings. The highest BCUT2D eigenvalue weighted by atomic mass is 16.5. The summed E-state index contributed by atoms with van der Waals surface area (Å²) in [5.41, 5.74) is 4.15. The first-order valence-corrected chi connectivity index (χ1v) is 13.1. The molecule has 5 rings (SSSR count). The summed E-state index contributed by atoms with van der Waals surface area (Å²) >= 11 is 0. The van der Waals surface area contributed by atoms with E-state index in [-0.39, 0.29) is 6.03 Å². The molecule has 2 amide bonds. The molecule has 2 aromatic heterocycles. The van der Waals surface area contributed by atoms with Crippen molar-refractivity contribution in [1.29, 1.82) is 0 Å². The standard InChI is InChI=1S/C30H33N7O2/c1-22-20-37(19-18-36(22)2)17-14-23-5-7-24(8-6-23)34-30(38)35-25-9-11-26(12-10-25)39-29-27(4-3-15-32-29)28-13-16-31-21-33-28/h3-13,15-16,21-22H,14,17-20H2,1-2H3,(H2,34,35,38). The first kappa shape index (κ1) is 26.3. The first-order chi connectivity index (χ1) is 19.0. The maximum absolute atomic E-state index is 12.5. The summed E-state index contributed by atoms with van der Waals surface area (Å²) in [6.07, 6.45) is 5.83. The molecule has 1 atom stereocenters. The summed E-state index contributed by atoms with van der Waals surface area (Å²) in [6, 6.07) is 21.0. The minimum atomic E-state index is -0.307. The topological polar surface area (TPSA) is 95.5 Å². The molecule has 1 saturated heterocycles. The van der Waals surface area contributed by atoms with Crippen LogP contribution in [0.25, 0.3) is 11.3 Å². The third-order valence-corrected chi connectivity index (χ3v) is 6.93. The van der Waals surface area contributed by atoms with Crippen LogP contribution in [0.2, 0.25) is 0 Å². The number of amides is 2. The molecule has 200 valence electrons. The van der Waals surface area contributed by atoms with E-state index in [9.17, 15) is 4.79 Å². The highest BCUT2D eigenvalue weighted by Crippen LogP contribution is 2.30. The van der Waals surface area contributed by atoms with E-state index in [0.29, 0.717) is 23.4 Å². The Morgan fingerprint density at radius 1 is 0.949 bits per heavy atom. The molecule has 9 nitrogen and oxygen atoms in total. The Morgan fingerprint density at radius 2 is 1.69 bits per heavy atom. The van der Waals surface area contributed by atoms with Crippen LogP contribution < -0.4 is 15.4 Å². The fourth-order valence-electron chi connectivity index (χ4n) is 4.50. The summed E-state index contributed by atoms with van der Waals surface area (Å²) in [4.78, 5) is 30.1. The summed E-state index contributed by atoms with van der Waals surface area (Å²) in [5.74, 6) is 1.03. The van der Waals surface area contributed by atoms with Crippen molar-refractivity contribution >= 4 is 17.4 Å². The van der Waals surface area contributed by atoms with E-state index in [2.05, 4.69) is 61.5 Å². The number of ether oxygens (including phenoxy) is 1. The second-order valence-electron chi connectivity index (χ2n) is 9.73. The van der Waals surface area contributed by atoms with Crippen molar-refractivity contribution < 1.29 is 9.53 Å². The van der Waals surface area contributed by atoms with Crippen LogP contribution in [0.3, 0.4) is 0 Å². The van der Waals surface area contributed by atoms with Crippen LogP contribution in [0.4, 0.5) is 16.2 Å². The molecule has 2 aromatic carbocycles. The summed E-state index contributed by atoms with van der Waals surface area (Å²) in [7, 11) is 2.19. The van der Waals surface area contributed by atoms with Crippen molar-refractivity contribution in [1.82, 2.24) is 24.8 Å². The minimum absolute atomic E-state index is 0.307. The number of hydrogen-bond donors (Lipinski definition) is 2. The van der Waals surface area contributed by atoms with Crippen LogP contribution in [0.1, 0.15) is 12.5 Å².